The summed E-state index contributed by atoms with van der Waals surface area (Å²) in [6.07, 6.45) is 5.91. The Morgan fingerprint density at radius 2 is 2.17 bits per heavy atom. The van der Waals surface area contributed by atoms with Crippen molar-refractivity contribution in [3.05, 3.63) is 34.7 Å². The van der Waals surface area contributed by atoms with E-state index in [1.54, 1.807) is 0 Å². The van der Waals surface area contributed by atoms with Gasteiger partial charge >= 0.3 is 0 Å². The van der Waals surface area contributed by atoms with Gasteiger partial charge in [-0.15, -0.1) is 11.5 Å². The monoisotopic (exact) mass is 320 g/mol. The van der Waals surface area contributed by atoms with E-state index in [2.05, 4.69) is 58.2 Å². The van der Waals surface area contributed by atoms with Crippen LogP contribution in [0.3, 0.4) is 0 Å². The summed E-state index contributed by atoms with van der Waals surface area (Å²) < 4.78 is 3.08. The van der Waals surface area contributed by atoms with Crippen molar-refractivity contribution >= 4 is 29.7 Å². The van der Waals surface area contributed by atoms with Gasteiger partial charge in [-0.3, -0.25) is 0 Å². The Kier molecular flexibility index (Phi) is 3.93. The summed E-state index contributed by atoms with van der Waals surface area (Å²) in [6.45, 7) is 6.80. The van der Waals surface area contributed by atoms with Gasteiger partial charge in [-0.25, -0.2) is 4.98 Å². The highest BCUT2D eigenvalue weighted by Crippen LogP contribution is 2.17. The van der Waals surface area contributed by atoms with Crippen LogP contribution in [-0.4, -0.2) is 17.5 Å². The Balaban J connectivity index is 2.08. The summed E-state index contributed by atoms with van der Waals surface area (Å²) in [5, 5.41) is 0. The van der Waals surface area contributed by atoms with Crippen molar-refractivity contribution in [2.45, 2.75) is 32.5 Å². The predicted octanol–water partition coefficient (Wildman–Crippen LogP) is 3.91. The average Bonchev–Trinajstić information content (AvgIpc) is 2.68. The zero-order chi connectivity index (χ0) is 13.2. The number of nitrogens with zero attached hydrogens (tertiary/aromatic N) is 2. The number of halogens is 1. The standard InChI is InChI=1S/C14H17BrN2Si/c1-18(2,3)10-5-4-7-12-11-17-9-6-8-13(15)14(17)16-12/h6,8-9,11H,4,7H2,1-3H3. The lowest BCUT2D eigenvalue weighted by Gasteiger charge is -2.02. The van der Waals surface area contributed by atoms with Gasteiger partial charge in [0, 0.05) is 25.2 Å². The van der Waals surface area contributed by atoms with Gasteiger partial charge in [0.1, 0.15) is 8.07 Å². The largest absolute Gasteiger partial charge is 0.306 e. The number of rotatable bonds is 2. The second-order valence-electron chi connectivity index (χ2n) is 5.37. The SMILES string of the molecule is C[Si](C)(C)C#CCCc1cn2cccc(Br)c2n1. The molecule has 0 saturated carbocycles. The fraction of sp³-hybridized carbons (Fsp3) is 0.357. The fourth-order valence-electron chi connectivity index (χ4n) is 1.67. The molecule has 18 heavy (non-hydrogen) atoms. The first-order valence-electron chi connectivity index (χ1n) is 6.08. The molecule has 94 valence electrons. The number of pyridine rings is 1. The molecule has 0 aromatic carbocycles. The number of hydrogen-bond acceptors (Lipinski definition) is 1. The molecule has 0 spiro atoms. The molecule has 0 aliphatic rings. The first kappa shape index (κ1) is 13.4. The molecule has 2 aromatic heterocycles. The van der Waals surface area contributed by atoms with Crippen LogP contribution in [0.2, 0.25) is 19.6 Å². The van der Waals surface area contributed by atoms with Crippen molar-refractivity contribution in [2.75, 3.05) is 0 Å². The van der Waals surface area contributed by atoms with Crippen LogP contribution in [-0.2, 0) is 6.42 Å². The van der Waals surface area contributed by atoms with Gasteiger partial charge in [0.15, 0.2) is 5.65 Å². The highest BCUT2D eigenvalue weighted by atomic mass is 79.9. The van der Waals surface area contributed by atoms with Crippen molar-refractivity contribution in [2.24, 2.45) is 0 Å². The Bertz CT molecular complexity index is 614. The molecule has 2 rings (SSSR count). The lowest BCUT2D eigenvalue weighted by molar-refractivity contribution is 0.983. The van der Waals surface area contributed by atoms with E-state index in [1.807, 2.05) is 22.7 Å². The lowest BCUT2D eigenvalue weighted by Crippen LogP contribution is -2.16. The van der Waals surface area contributed by atoms with E-state index in [1.165, 1.54) is 0 Å². The van der Waals surface area contributed by atoms with Gasteiger partial charge in [0.2, 0.25) is 0 Å². The van der Waals surface area contributed by atoms with E-state index in [-0.39, 0.29) is 0 Å². The maximum absolute atomic E-state index is 4.61. The van der Waals surface area contributed by atoms with Crippen molar-refractivity contribution in [3.8, 4) is 11.5 Å². The normalized spacial score (nSPS) is 11.3. The minimum atomic E-state index is -1.23. The van der Waals surface area contributed by atoms with Gasteiger partial charge in [-0.2, -0.15) is 0 Å². The van der Waals surface area contributed by atoms with Crippen LogP contribution in [0.4, 0.5) is 0 Å². The number of aromatic nitrogens is 2. The van der Waals surface area contributed by atoms with E-state index in [0.29, 0.717) is 0 Å². The predicted molar refractivity (Wildman–Crippen MR) is 82.3 cm³/mol. The van der Waals surface area contributed by atoms with E-state index in [9.17, 15) is 0 Å². The molecule has 2 aromatic rings. The van der Waals surface area contributed by atoms with Crippen LogP contribution >= 0.6 is 15.9 Å². The van der Waals surface area contributed by atoms with Gasteiger partial charge in [0.25, 0.3) is 0 Å². The molecule has 2 nitrogen and oxygen atoms in total. The Morgan fingerprint density at radius 3 is 2.83 bits per heavy atom. The molecule has 0 aliphatic carbocycles. The Labute approximate surface area is 118 Å². The van der Waals surface area contributed by atoms with Crippen molar-refractivity contribution in [1.82, 2.24) is 9.38 Å². The molecule has 2 heterocycles. The lowest BCUT2D eigenvalue weighted by atomic mass is 10.3. The number of imidazole rings is 1. The fourth-order valence-corrected chi connectivity index (χ4v) is 2.77. The summed E-state index contributed by atoms with van der Waals surface area (Å²) in [6, 6.07) is 4.02. The summed E-state index contributed by atoms with van der Waals surface area (Å²) in [4.78, 5) is 4.61. The molecule has 0 unspecified atom stereocenters. The third-order valence-corrected chi connectivity index (χ3v) is 4.00. The van der Waals surface area contributed by atoms with Crippen LogP contribution < -0.4 is 0 Å². The number of aryl methyl sites for hydroxylation is 1. The molecule has 0 atom stereocenters. The minimum Gasteiger partial charge on any atom is -0.306 e. The van der Waals surface area contributed by atoms with Gasteiger partial charge in [-0.1, -0.05) is 19.6 Å². The second-order valence-corrected chi connectivity index (χ2v) is 11.0. The van der Waals surface area contributed by atoms with Gasteiger partial charge in [-0.05, 0) is 28.1 Å². The van der Waals surface area contributed by atoms with E-state index in [0.717, 1.165) is 28.7 Å². The summed E-state index contributed by atoms with van der Waals surface area (Å²) in [5.74, 6) is 3.28. The third kappa shape index (κ3) is 3.47. The molecule has 0 radical (unpaired) electrons. The van der Waals surface area contributed by atoms with Crippen LogP contribution in [0.5, 0.6) is 0 Å². The molecular weight excluding hydrogens is 304 g/mol. The average molecular weight is 321 g/mol. The molecule has 0 N–H and O–H groups in total. The molecule has 0 amide bonds. The second kappa shape index (κ2) is 5.29. The highest BCUT2D eigenvalue weighted by molar-refractivity contribution is 9.10. The molecule has 4 heteroatoms. The Morgan fingerprint density at radius 1 is 1.39 bits per heavy atom. The molecule has 0 fully saturated rings. The first-order valence-corrected chi connectivity index (χ1v) is 10.4. The first-order chi connectivity index (χ1) is 8.46. The van der Waals surface area contributed by atoms with Gasteiger partial charge in [0.05, 0.1) is 10.2 Å². The maximum atomic E-state index is 4.61. The molecule has 0 bridgehead atoms. The topological polar surface area (TPSA) is 17.3 Å². The number of hydrogen-bond donors (Lipinski definition) is 0. The van der Waals surface area contributed by atoms with Crippen molar-refractivity contribution < 1.29 is 0 Å². The minimum absolute atomic E-state index is 0.895. The molecule has 0 aliphatic heterocycles. The van der Waals surface area contributed by atoms with Crippen LogP contribution in [0.15, 0.2) is 29.0 Å². The quantitative estimate of drug-likeness (QED) is 0.605. The summed E-state index contributed by atoms with van der Waals surface area (Å²) in [7, 11) is -1.23. The highest BCUT2D eigenvalue weighted by Gasteiger charge is 2.07. The van der Waals surface area contributed by atoms with E-state index in [4.69, 9.17) is 0 Å². The van der Waals surface area contributed by atoms with Crippen LogP contribution in [0.1, 0.15) is 12.1 Å². The summed E-state index contributed by atoms with van der Waals surface area (Å²) >= 11 is 3.51. The van der Waals surface area contributed by atoms with E-state index < -0.39 is 8.07 Å². The molecular formula is C14H17BrN2Si. The number of fused-ring (bicyclic) bond motifs is 1. The summed E-state index contributed by atoms with van der Waals surface area (Å²) in [5.41, 5.74) is 5.46. The zero-order valence-electron chi connectivity index (χ0n) is 11.0. The molecule has 0 saturated heterocycles. The third-order valence-electron chi connectivity index (χ3n) is 2.45. The van der Waals surface area contributed by atoms with E-state index >= 15 is 0 Å². The van der Waals surface area contributed by atoms with Crippen LogP contribution in [0, 0.1) is 11.5 Å². The van der Waals surface area contributed by atoms with Gasteiger partial charge < -0.3 is 4.40 Å². The van der Waals surface area contributed by atoms with Crippen molar-refractivity contribution in [3.63, 3.8) is 0 Å². The zero-order valence-corrected chi connectivity index (χ0v) is 13.6. The smallest absolute Gasteiger partial charge is 0.151 e. The Hall–Kier alpha value is -1.05. The van der Waals surface area contributed by atoms with Crippen molar-refractivity contribution in [1.29, 1.82) is 0 Å². The maximum Gasteiger partial charge on any atom is 0.151 e. The van der Waals surface area contributed by atoms with Crippen LogP contribution in [0.25, 0.3) is 5.65 Å².